The quantitative estimate of drug-likeness (QED) is 0.359. The zero-order valence-corrected chi connectivity index (χ0v) is 19.2. The van der Waals surface area contributed by atoms with Crippen LogP contribution in [-0.2, 0) is 25.6 Å². The summed E-state index contributed by atoms with van der Waals surface area (Å²) in [7, 11) is 2.92. The van der Waals surface area contributed by atoms with Gasteiger partial charge < -0.3 is 19.1 Å². The number of halogens is 1. The third-order valence-corrected chi connectivity index (χ3v) is 4.25. The van der Waals surface area contributed by atoms with Gasteiger partial charge in [0.2, 0.25) is 0 Å². The first-order valence-electron chi connectivity index (χ1n) is 9.44. The topological polar surface area (TPSA) is 98.3 Å². The Hall–Kier alpha value is -2.55. The number of nitrogens with zero attached hydrogens (tertiary/aromatic N) is 3. The molecule has 0 bridgehead atoms. The van der Waals surface area contributed by atoms with Crippen molar-refractivity contribution in [1.82, 2.24) is 9.88 Å². The highest BCUT2D eigenvalue weighted by molar-refractivity contribution is 6.20. The number of amides is 2. The fourth-order valence-electron chi connectivity index (χ4n) is 2.04. The molecule has 0 aliphatic carbocycles. The Kier molecular flexibility index (Phi) is 9.35. The van der Waals surface area contributed by atoms with Gasteiger partial charge in [0.05, 0.1) is 0 Å². The number of anilines is 1. The van der Waals surface area contributed by atoms with E-state index in [2.05, 4.69) is 4.98 Å². The fraction of sp³-hybridized carbons (Fsp3) is 0.600. The molecule has 1 rings (SSSR count). The first-order valence-corrected chi connectivity index (χ1v) is 9.87. The van der Waals surface area contributed by atoms with Crippen LogP contribution in [0.2, 0.25) is 0 Å². The Morgan fingerprint density at radius 2 is 1.80 bits per heavy atom. The maximum atomic E-state index is 12.3. The van der Waals surface area contributed by atoms with E-state index < -0.39 is 29.3 Å². The number of carbonyl (C=O) groups is 3. The first kappa shape index (κ1) is 25.5. The molecule has 168 valence electrons. The van der Waals surface area contributed by atoms with Crippen molar-refractivity contribution >= 4 is 35.6 Å². The summed E-state index contributed by atoms with van der Waals surface area (Å²) in [5.74, 6) is -0.428. The Balaban J connectivity index is 2.71. The molecule has 0 N–H and O–H groups in total. The number of hydrogen-bond donors (Lipinski definition) is 0. The van der Waals surface area contributed by atoms with Crippen LogP contribution >= 0.6 is 11.6 Å². The summed E-state index contributed by atoms with van der Waals surface area (Å²) >= 11 is 6.00. The van der Waals surface area contributed by atoms with Crippen molar-refractivity contribution in [3.8, 4) is 0 Å². The monoisotopic (exact) mass is 443 g/mol. The second-order valence-electron chi connectivity index (χ2n) is 8.02. The molecule has 1 aromatic rings. The zero-order chi connectivity index (χ0) is 23.1. The lowest BCUT2D eigenvalue weighted by molar-refractivity contribution is -0.145. The molecule has 10 heteroatoms. The van der Waals surface area contributed by atoms with Gasteiger partial charge in [-0.3, -0.25) is 9.69 Å². The first-order chi connectivity index (χ1) is 13.8. The van der Waals surface area contributed by atoms with Crippen molar-refractivity contribution < 1.29 is 28.6 Å². The third-order valence-electron chi connectivity index (χ3n) is 3.66. The van der Waals surface area contributed by atoms with Crippen molar-refractivity contribution in [2.75, 3.05) is 25.5 Å². The summed E-state index contributed by atoms with van der Waals surface area (Å²) in [6.07, 6.45) is 0.186. The largest absolute Gasteiger partial charge is 0.459 e. The summed E-state index contributed by atoms with van der Waals surface area (Å²) in [5, 5.41) is 0. The number of pyridine rings is 1. The molecule has 9 nitrogen and oxygen atoms in total. The number of esters is 1. The number of alkyl halides is 1. The van der Waals surface area contributed by atoms with Crippen LogP contribution in [0.25, 0.3) is 0 Å². The number of carbonyl (C=O) groups excluding carboxylic acids is 3. The Morgan fingerprint density at radius 1 is 1.17 bits per heavy atom. The van der Waals surface area contributed by atoms with Gasteiger partial charge in [-0.15, -0.1) is 0 Å². The van der Waals surface area contributed by atoms with Gasteiger partial charge in [-0.1, -0.05) is 31.5 Å². The molecule has 2 amide bonds. The predicted octanol–water partition coefficient (Wildman–Crippen LogP) is 3.79. The van der Waals surface area contributed by atoms with Gasteiger partial charge >= 0.3 is 18.2 Å². The van der Waals surface area contributed by atoms with Gasteiger partial charge in [0.25, 0.3) is 0 Å². The molecule has 1 heterocycles. The number of aromatic nitrogens is 1. The van der Waals surface area contributed by atoms with Gasteiger partial charge in [0.1, 0.15) is 24.6 Å². The smallest absolute Gasteiger partial charge is 0.416 e. The molecule has 1 atom stereocenters. The van der Waals surface area contributed by atoms with Crippen LogP contribution in [0.4, 0.5) is 15.4 Å². The number of ether oxygens (including phenoxy) is 3. The normalized spacial score (nSPS) is 12.2. The van der Waals surface area contributed by atoms with Crippen molar-refractivity contribution in [2.24, 2.45) is 5.92 Å². The van der Waals surface area contributed by atoms with Gasteiger partial charge in [0.15, 0.2) is 5.56 Å². The lowest BCUT2D eigenvalue weighted by Gasteiger charge is -2.24. The maximum Gasteiger partial charge on any atom is 0.416 e. The summed E-state index contributed by atoms with van der Waals surface area (Å²) < 4.78 is 15.6. The lowest BCUT2D eigenvalue weighted by Crippen LogP contribution is -2.37. The highest BCUT2D eigenvalue weighted by Gasteiger charge is 2.24. The predicted molar refractivity (Wildman–Crippen MR) is 112 cm³/mol. The molecule has 0 aliphatic rings. The molecule has 0 aromatic carbocycles. The molecule has 0 saturated heterocycles. The molecular weight excluding hydrogens is 414 g/mol. The van der Waals surface area contributed by atoms with E-state index in [0.717, 1.165) is 4.90 Å². The van der Waals surface area contributed by atoms with E-state index in [0.29, 0.717) is 5.56 Å². The highest BCUT2D eigenvalue weighted by Crippen LogP contribution is 2.20. The van der Waals surface area contributed by atoms with E-state index in [1.807, 2.05) is 13.8 Å². The SMILES string of the molecule is CC(C)C(Cl)OC(=O)N(C)c1ncccc1COC(=O)CN(C)C(=O)OC(C)(C)C. The van der Waals surface area contributed by atoms with E-state index >= 15 is 0 Å². The standard InChI is InChI=1S/C20H30ClN3O6/c1-13(2)16(21)29-19(27)24(7)17-14(9-8-10-22-17)12-28-15(25)11-23(6)18(26)30-20(3,4)5/h8-10,13,16H,11-12H2,1-7H3. The Morgan fingerprint density at radius 3 is 2.37 bits per heavy atom. The average molecular weight is 444 g/mol. The van der Waals surface area contributed by atoms with Crippen molar-refractivity contribution in [3.63, 3.8) is 0 Å². The van der Waals surface area contributed by atoms with Crippen molar-refractivity contribution in [2.45, 2.75) is 52.4 Å². The molecule has 0 saturated carbocycles. The molecule has 1 aromatic heterocycles. The fourth-order valence-corrected chi connectivity index (χ4v) is 2.12. The second kappa shape index (κ2) is 11.0. The number of rotatable bonds is 7. The van der Waals surface area contributed by atoms with Crippen LogP contribution in [0.15, 0.2) is 18.3 Å². The highest BCUT2D eigenvalue weighted by atomic mass is 35.5. The van der Waals surface area contributed by atoms with E-state index in [1.54, 1.807) is 32.9 Å². The summed E-state index contributed by atoms with van der Waals surface area (Å²) in [4.78, 5) is 42.8. The van der Waals surface area contributed by atoms with Crippen LogP contribution < -0.4 is 4.90 Å². The van der Waals surface area contributed by atoms with E-state index in [1.165, 1.54) is 25.2 Å². The van der Waals surface area contributed by atoms with Crippen LogP contribution in [-0.4, -0.2) is 59.8 Å². The number of likely N-dealkylation sites (N-methyl/N-ethyl adjacent to an activating group) is 1. The van der Waals surface area contributed by atoms with Crippen LogP contribution in [0.5, 0.6) is 0 Å². The third kappa shape index (κ3) is 8.44. The van der Waals surface area contributed by atoms with E-state index in [9.17, 15) is 14.4 Å². The minimum absolute atomic E-state index is 0.0601. The lowest BCUT2D eigenvalue weighted by atomic mass is 10.2. The van der Waals surface area contributed by atoms with E-state index in [-0.39, 0.29) is 24.9 Å². The second-order valence-corrected chi connectivity index (χ2v) is 8.45. The maximum absolute atomic E-state index is 12.3. The summed E-state index contributed by atoms with van der Waals surface area (Å²) in [5.41, 5.74) is -0.967. The average Bonchev–Trinajstić information content (AvgIpc) is 2.64. The van der Waals surface area contributed by atoms with Crippen LogP contribution in [0.3, 0.4) is 0 Å². The summed E-state index contributed by atoms with van der Waals surface area (Å²) in [6, 6.07) is 3.31. The van der Waals surface area contributed by atoms with Gasteiger partial charge in [-0.2, -0.15) is 0 Å². The molecule has 0 spiro atoms. The van der Waals surface area contributed by atoms with E-state index in [4.69, 9.17) is 25.8 Å². The number of hydrogen-bond acceptors (Lipinski definition) is 7. The minimum Gasteiger partial charge on any atom is -0.459 e. The van der Waals surface area contributed by atoms with Gasteiger partial charge in [0, 0.05) is 31.8 Å². The molecular formula is C20H30ClN3O6. The van der Waals surface area contributed by atoms with Crippen molar-refractivity contribution in [1.29, 1.82) is 0 Å². The van der Waals surface area contributed by atoms with Gasteiger partial charge in [-0.25, -0.2) is 14.6 Å². The minimum atomic E-state index is -0.784. The van der Waals surface area contributed by atoms with Crippen LogP contribution in [0.1, 0.15) is 40.2 Å². The van der Waals surface area contributed by atoms with Crippen molar-refractivity contribution in [3.05, 3.63) is 23.9 Å². The molecule has 0 fully saturated rings. The van der Waals surface area contributed by atoms with Crippen LogP contribution in [0, 0.1) is 5.92 Å². The Bertz CT molecular complexity index is 750. The van der Waals surface area contributed by atoms with Gasteiger partial charge in [-0.05, 0) is 26.8 Å². The molecule has 0 aliphatic heterocycles. The summed E-state index contributed by atoms with van der Waals surface area (Å²) in [6.45, 7) is 8.42. The Labute approximate surface area is 182 Å². The molecule has 30 heavy (non-hydrogen) atoms. The molecule has 1 unspecified atom stereocenters. The molecule has 0 radical (unpaired) electrons. The zero-order valence-electron chi connectivity index (χ0n) is 18.5.